The zero-order valence-electron chi connectivity index (χ0n) is 13.6. The van der Waals surface area contributed by atoms with E-state index < -0.39 is 23.7 Å². The standard InChI is InChI=1S/C17H18N2O4S/c1-17(2,3)23-16(22)19-13(15(20)21)6-10-4-5-11-8-12(9-18)24-14(11)7-10/h4-5,7-8,13H,6H2,1-3H3,(H,19,22)(H,20,21)/t13-/m0/s1. The number of carbonyl (C=O) groups is 2. The van der Waals surface area contributed by atoms with Gasteiger partial charge in [0, 0.05) is 11.1 Å². The third-order valence-corrected chi connectivity index (χ3v) is 4.13. The number of carbonyl (C=O) groups excluding carboxylic acids is 1. The molecule has 0 fully saturated rings. The van der Waals surface area contributed by atoms with Crippen LogP contribution in [0.2, 0.25) is 0 Å². The van der Waals surface area contributed by atoms with Gasteiger partial charge in [-0.3, -0.25) is 0 Å². The van der Waals surface area contributed by atoms with Gasteiger partial charge in [-0.05, 0) is 43.9 Å². The van der Waals surface area contributed by atoms with Gasteiger partial charge in [0.2, 0.25) is 0 Å². The van der Waals surface area contributed by atoms with E-state index in [0.717, 1.165) is 15.6 Å². The number of thiophene rings is 1. The number of nitrogens with one attached hydrogen (secondary N) is 1. The van der Waals surface area contributed by atoms with Crippen molar-refractivity contribution in [1.29, 1.82) is 5.26 Å². The summed E-state index contributed by atoms with van der Waals surface area (Å²) in [5, 5.41) is 21.6. The number of ether oxygens (including phenoxy) is 1. The van der Waals surface area contributed by atoms with Crippen LogP contribution < -0.4 is 5.32 Å². The Kier molecular flexibility index (Phi) is 5.10. The Hall–Kier alpha value is -2.59. The highest BCUT2D eigenvalue weighted by molar-refractivity contribution is 7.19. The van der Waals surface area contributed by atoms with Gasteiger partial charge in [0.15, 0.2) is 0 Å². The average molecular weight is 346 g/mol. The van der Waals surface area contributed by atoms with Gasteiger partial charge in [0.1, 0.15) is 22.6 Å². The fourth-order valence-corrected chi connectivity index (χ4v) is 3.07. The topological polar surface area (TPSA) is 99.4 Å². The Morgan fingerprint density at radius 2 is 2.08 bits per heavy atom. The highest BCUT2D eigenvalue weighted by atomic mass is 32.1. The van der Waals surface area contributed by atoms with Crippen LogP contribution in [0.4, 0.5) is 4.79 Å². The Morgan fingerprint density at radius 1 is 1.38 bits per heavy atom. The summed E-state index contributed by atoms with van der Waals surface area (Å²) in [6.45, 7) is 5.12. The molecule has 0 bridgehead atoms. The molecule has 2 N–H and O–H groups in total. The number of amides is 1. The molecule has 1 heterocycles. The van der Waals surface area contributed by atoms with Crippen LogP contribution in [0.5, 0.6) is 0 Å². The maximum atomic E-state index is 11.8. The van der Waals surface area contributed by atoms with E-state index in [9.17, 15) is 14.7 Å². The first-order valence-electron chi connectivity index (χ1n) is 7.33. The molecular weight excluding hydrogens is 328 g/mol. The molecule has 1 amide bonds. The van der Waals surface area contributed by atoms with E-state index in [-0.39, 0.29) is 6.42 Å². The van der Waals surface area contributed by atoms with Crippen LogP contribution in [-0.2, 0) is 16.0 Å². The van der Waals surface area contributed by atoms with Gasteiger partial charge in [-0.15, -0.1) is 11.3 Å². The van der Waals surface area contributed by atoms with Gasteiger partial charge in [-0.25, -0.2) is 9.59 Å². The van der Waals surface area contributed by atoms with Gasteiger partial charge >= 0.3 is 12.1 Å². The number of hydrogen-bond donors (Lipinski definition) is 2. The smallest absolute Gasteiger partial charge is 0.408 e. The van der Waals surface area contributed by atoms with Crippen molar-refractivity contribution in [3.05, 3.63) is 34.7 Å². The minimum Gasteiger partial charge on any atom is -0.480 e. The number of carboxylic acid groups (broad SMARTS) is 1. The van der Waals surface area contributed by atoms with Crippen molar-refractivity contribution in [3.8, 4) is 6.07 Å². The molecule has 2 rings (SSSR count). The lowest BCUT2D eigenvalue weighted by Crippen LogP contribution is -2.44. The van der Waals surface area contributed by atoms with E-state index in [1.807, 2.05) is 12.1 Å². The maximum Gasteiger partial charge on any atom is 0.408 e. The van der Waals surface area contributed by atoms with Crippen molar-refractivity contribution in [2.75, 3.05) is 0 Å². The Bertz CT molecular complexity index is 814. The summed E-state index contributed by atoms with van der Waals surface area (Å²) in [5.41, 5.74) is 0.0637. The van der Waals surface area contributed by atoms with Crippen LogP contribution in [0.1, 0.15) is 31.2 Å². The van der Waals surface area contributed by atoms with Gasteiger partial charge in [0.05, 0.1) is 0 Å². The summed E-state index contributed by atoms with van der Waals surface area (Å²) in [6, 6.07) is 8.27. The summed E-state index contributed by atoms with van der Waals surface area (Å²) in [7, 11) is 0. The van der Waals surface area contributed by atoms with E-state index in [1.165, 1.54) is 11.3 Å². The zero-order valence-corrected chi connectivity index (χ0v) is 14.4. The third-order valence-electron chi connectivity index (χ3n) is 3.12. The van der Waals surface area contributed by atoms with E-state index >= 15 is 0 Å². The molecule has 0 unspecified atom stereocenters. The van der Waals surface area contributed by atoms with Crippen molar-refractivity contribution in [2.45, 2.75) is 38.8 Å². The first-order chi connectivity index (χ1) is 11.2. The molecule has 0 aliphatic carbocycles. The third kappa shape index (κ3) is 4.70. The van der Waals surface area contributed by atoms with Crippen LogP contribution in [-0.4, -0.2) is 28.8 Å². The molecule has 126 valence electrons. The quantitative estimate of drug-likeness (QED) is 0.885. The van der Waals surface area contributed by atoms with Crippen LogP contribution >= 0.6 is 11.3 Å². The maximum absolute atomic E-state index is 11.8. The van der Waals surface area contributed by atoms with Crippen LogP contribution in [0.25, 0.3) is 10.1 Å². The van der Waals surface area contributed by atoms with E-state index in [4.69, 9.17) is 10.00 Å². The molecule has 0 saturated carbocycles. The van der Waals surface area contributed by atoms with Gasteiger partial charge in [0.25, 0.3) is 0 Å². The normalized spacial score (nSPS) is 12.4. The Morgan fingerprint density at radius 3 is 2.67 bits per heavy atom. The summed E-state index contributed by atoms with van der Waals surface area (Å²) >= 11 is 1.35. The molecule has 0 saturated heterocycles. The molecule has 2 aromatic rings. The predicted octanol–water partition coefficient (Wildman–Crippen LogP) is 3.29. The number of carboxylic acids is 1. The summed E-state index contributed by atoms with van der Waals surface area (Å²) in [4.78, 5) is 23.8. The first kappa shape index (κ1) is 17.8. The second kappa shape index (κ2) is 6.89. The number of nitriles is 1. The number of hydrogen-bond acceptors (Lipinski definition) is 5. The zero-order chi connectivity index (χ0) is 17.9. The fraction of sp³-hybridized carbons (Fsp3) is 0.353. The minimum absolute atomic E-state index is 0.129. The van der Waals surface area contributed by atoms with Crippen LogP contribution in [0, 0.1) is 11.3 Å². The number of alkyl carbamates (subject to hydrolysis) is 1. The Balaban J connectivity index is 2.14. The predicted molar refractivity (Wildman–Crippen MR) is 91.0 cm³/mol. The number of fused-ring (bicyclic) bond motifs is 1. The Labute approximate surface area is 143 Å². The second-order valence-electron chi connectivity index (χ2n) is 6.34. The first-order valence-corrected chi connectivity index (χ1v) is 8.14. The highest BCUT2D eigenvalue weighted by Gasteiger charge is 2.24. The van der Waals surface area contributed by atoms with E-state index in [0.29, 0.717) is 4.88 Å². The van der Waals surface area contributed by atoms with E-state index in [1.54, 1.807) is 32.9 Å². The molecule has 0 aliphatic rings. The van der Waals surface area contributed by atoms with E-state index in [2.05, 4.69) is 11.4 Å². The number of nitrogens with zero attached hydrogens (tertiary/aromatic N) is 1. The number of rotatable bonds is 4. The van der Waals surface area contributed by atoms with Crippen molar-refractivity contribution >= 4 is 33.5 Å². The summed E-state index contributed by atoms with van der Waals surface area (Å²) in [6.07, 6.45) is -0.636. The average Bonchev–Trinajstić information content (AvgIpc) is 2.86. The summed E-state index contributed by atoms with van der Waals surface area (Å²) < 4.78 is 6.00. The number of aliphatic carboxylic acids is 1. The van der Waals surface area contributed by atoms with Crippen molar-refractivity contribution in [2.24, 2.45) is 0 Å². The molecule has 7 heteroatoms. The second-order valence-corrected chi connectivity index (χ2v) is 7.42. The lowest BCUT2D eigenvalue weighted by molar-refractivity contribution is -0.139. The largest absolute Gasteiger partial charge is 0.480 e. The van der Waals surface area contributed by atoms with Gasteiger partial charge in [-0.2, -0.15) is 5.26 Å². The lowest BCUT2D eigenvalue weighted by atomic mass is 10.1. The highest BCUT2D eigenvalue weighted by Crippen LogP contribution is 2.26. The molecule has 0 spiro atoms. The fourth-order valence-electron chi connectivity index (χ4n) is 2.14. The summed E-state index contributed by atoms with van der Waals surface area (Å²) in [5.74, 6) is -1.13. The minimum atomic E-state index is -1.13. The van der Waals surface area contributed by atoms with Gasteiger partial charge < -0.3 is 15.2 Å². The SMILES string of the molecule is CC(C)(C)OC(=O)N[C@@H](Cc1ccc2cc(C#N)sc2c1)C(=O)O. The van der Waals surface area contributed by atoms with Crippen LogP contribution in [0.3, 0.4) is 0 Å². The molecule has 6 nitrogen and oxygen atoms in total. The van der Waals surface area contributed by atoms with Crippen molar-refractivity contribution < 1.29 is 19.4 Å². The molecule has 0 radical (unpaired) electrons. The molecule has 0 aliphatic heterocycles. The molecular formula is C17H18N2O4S. The monoisotopic (exact) mass is 346 g/mol. The van der Waals surface area contributed by atoms with Crippen molar-refractivity contribution in [3.63, 3.8) is 0 Å². The lowest BCUT2D eigenvalue weighted by Gasteiger charge is -2.22. The molecule has 1 aromatic heterocycles. The van der Waals surface area contributed by atoms with Gasteiger partial charge in [-0.1, -0.05) is 12.1 Å². The molecule has 24 heavy (non-hydrogen) atoms. The molecule has 1 aromatic carbocycles. The van der Waals surface area contributed by atoms with Crippen LogP contribution in [0.15, 0.2) is 24.3 Å². The molecule has 1 atom stereocenters. The number of benzene rings is 1. The van der Waals surface area contributed by atoms with Crippen molar-refractivity contribution in [1.82, 2.24) is 5.32 Å².